The number of anilines is 1. The van der Waals surface area contributed by atoms with Crippen molar-refractivity contribution in [3.05, 3.63) is 58.6 Å². The molecule has 37 heavy (non-hydrogen) atoms. The quantitative estimate of drug-likeness (QED) is 0.339. The van der Waals surface area contributed by atoms with Gasteiger partial charge in [-0.1, -0.05) is 23.7 Å². The minimum atomic E-state index is -1.20. The summed E-state index contributed by atoms with van der Waals surface area (Å²) in [6.07, 6.45) is -0.687. The van der Waals surface area contributed by atoms with Crippen LogP contribution >= 0.6 is 11.6 Å². The second kappa shape index (κ2) is 11.4. The number of carbonyl (C=O) groups excluding carboxylic acids is 1. The summed E-state index contributed by atoms with van der Waals surface area (Å²) in [4.78, 5) is 20.0. The van der Waals surface area contributed by atoms with Gasteiger partial charge in [0.25, 0.3) is 0 Å². The van der Waals surface area contributed by atoms with E-state index in [2.05, 4.69) is 28.0 Å². The van der Waals surface area contributed by atoms with Crippen LogP contribution in [0, 0.1) is 0 Å². The molecule has 2 aliphatic heterocycles. The fourth-order valence-electron chi connectivity index (χ4n) is 4.65. The van der Waals surface area contributed by atoms with Crippen LogP contribution in [0.4, 0.5) is 5.69 Å². The Balaban J connectivity index is 1.74. The Morgan fingerprint density at radius 2 is 1.97 bits per heavy atom. The van der Waals surface area contributed by atoms with Crippen LogP contribution in [-0.2, 0) is 4.79 Å². The van der Waals surface area contributed by atoms with Crippen LogP contribution < -0.4 is 25.8 Å². The number of carbonyl (C=O) groups is 1. The fraction of sp³-hybridized carbons (Fsp3) is 0.481. The molecule has 4 atom stereocenters. The van der Waals surface area contributed by atoms with Crippen LogP contribution in [0.25, 0.3) is 0 Å². The average Bonchev–Trinajstić information content (AvgIpc) is 3.16. The van der Waals surface area contributed by atoms with Crippen LogP contribution in [0.5, 0.6) is 5.75 Å². The average molecular weight is 530 g/mol. The third kappa shape index (κ3) is 6.25. The van der Waals surface area contributed by atoms with Gasteiger partial charge in [-0.3, -0.25) is 9.79 Å². The van der Waals surface area contributed by atoms with Gasteiger partial charge in [-0.25, -0.2) is 10.9 Å². The van der Waals surface area contributed by atoms with Crippen LogP contribution in [0.3, 0.4) is 0 Å². The molecule has 3 unspecified atom stereocenters. The van der Waals surface area contributed by atoms with E-state index < -0.39 is 11.7 Å². The monoisotopic (exact) mass is 529 g/mol. The highest BCUT2D eigenvalue weighted by molar-refractivity contribution is 6.30. The van der Waals surface area contributed by atoms with Gasteiger partial charge in [-0.2, -0.15) is 0 Å². The molecule has 9 nitrogen and oxygen atoms in total. The SMILES string of the molecule is CCNC(=O)C[C@@H]1N=C(c2ccc(Cl)cc2)c2cc(OCCC(O)C(C)(C)O)ccc2N2C(C)NNC12. The predicted octanol–water partition coefficient (Wildman–Crippen LogP) is 2.57. The topological polar surface area (TPSA) is 118 Å². The number of hydrogen-bond acceptors (Lipinski definition) is 8. The van der Waals surface area contributed by atoms with Gasteiger partial charge in [0.05, 0.1) is 42.7 Å². The lowest BCUT2D eigenvalue weighted by Crippen LogP contribution is -2.47. The number of nitrogens with zero attached hydrogens (tertiary/aromatic N) is 2. The zero-order chi connectivity index (χ0) is 26.7. The van der Waals surface area contributed by atoms with E-state index in [4.69, 9.17) is 21.3 Å². The van der Waals surface area contributed by atoms with E-state index in [1.807, 2.05) is 49.4 Å². The van der Waals surface area contributed by atoms with Crippen molar-refractivity contribution >= 4 is 28.9 Å². The molecule has 1 amide bonds. The maximum atomic E-state index is 12.6. The van der Waals surface area contributed by atoms with E-state index in [1.165, 1.54) is 0 Å². The Kier molecular flexibility index (Phi) is 8.40. The van der Waals surface area contributed by atoms with Gasteiger partial charge in [-0.15, -0.1) is 0 Å². The summed E-state index contributed by atoms with van der Waals surface area (Å²) in [6, 6.07) is 13.0. The lowest BCUT2D eigenvalue weighted by molar-refractivity contribution is -0.121. The molecule has 0 aromatic heterocycles. The molecule has 0 radical (unpaired) electrons. The smallest absolute Gasteiger partial charge is 0.222 e. The van der Waals surface area contributed by atoms with E-state index in [0.717, 1.165) is 22.5 Å². The summed E-state index contributed by atoms with van der Waals surface area (Å²) in [5, 5.41) is 23.7. The Labute approximate surface area is 222 Å². The van der Waals surface area contributed by atoms with E-state index in [-0.39, 0.29) is 43.7 Å². The van der Waals surface area contributed by atoms with E-state index in [9.17, 15) is 15.0 Å². The summed E-state index contributed by atoms with van der Waals surface area (Å²) in [5.41, 5.74) is 8.84. The van der Waals surface area contributed by atoms with Crippen molar-refractivity contribution in [2.45, 2.75) is 70.6 Å². The molecule has 5 N–H and O–H groups in total. The number of aliphatic hydroxyl groups is 2. The molecule has 10 heteroatoms. The highest BCUT2D eigenvalue weighted by atomic mass is 35.5. The van der Waals surface area contributed by atoms with Crippen molar-refractivity contribution in [3.8, 4) is 5.75 Å². The Hall–Kier alpha value is -2.69. The highest BCUT2D eigenvalue weighted by Crippen LogP contribution is 2.36. The second-order valence-electron chi connectivity index (χ2n) is 10.0. The Bertz CT molecular complexity index is 1130. The molecule has 4 rings (SSSR count). The normalized spacial score (nSPS) is 22.0. The van der Waals surface area contributed by atoms with E-state index >= 15 is 0 Å². The first-order valence-electron chi connectivity index (χ1n) is 12.7. The number of amides is 1. The lowest BCUT2D eigenvalue weighted by Gasteiger charge is -2.31. The molecule has 0 saturated carbocycles. The number of ether oxygens (including phenoxy) is 1. The van der Waals surface area contributed by atoms with Gasteiger partial charge in [0.2, 0.25) is 5.91 Å². The van der Waals surface area contributed by atoms with Crippen molar-refractivity contribution < 1.29 is 19.7 Å². The summed E-state index contributed by atoms with van der Waals surface area (Å²) >= 11 is 6.17. The van der Waals surface area contributed by atoms with Crippen molar-refractivity contribution in [3.63, 3.8) is 0 Å². The number of rotatable bonds is 9. The maximum absolute atomic E-state index is 12.6. The van der Waals surface area contributed by atoms with Crippen LogP contribution in [0.15, 0.2) is 47.5 Å². The van der Waals surface area contributed by atoms with E-state index in [0.29, 0.717) is 17.3 Å². The number of fused-ring (bicyclic) bond motifs is 3. The number of aliphatic imine (C=N–C) groups is 1. The minimum absolute atomic E-state index is 0.0473. The first kappa shape index (κ1) is 27.3. The zero-order valence-corrected chi connectivity index (χ0v) is 22.4. The summed E-state index contributed by atoms with van der Waals surface area (Å²) in [7, 11) is 0. The van der Waals surface area contributed by atoms with Crippen LogP contribution in [-0.4, -0.2) is 65.1 Å². The molecule has 0 spiro atoms. The molecule has 0 bridgehead atoms. The molecule has 2 aromatic rings. The summed E-state index contributed by atoms with van der Waals surface area (Å²) in [6.45, 7) is 7.89. The van der Waals surface area contributed by atoms with Gasteiger partial charge in [-0.05, 0) is 58.0 Å². The molecule has 2 aromatic carbocycles. The standard InChI is InChI=1S/C27H36ClN5O4/c1-5-29-24(35)15-21-26-32-31-16(2)33(26)22-11-10-19(37-13-12-23(34)27(3,4)36)14-20(22)25(30-21)17-6-8-18(28)9-7-17/h6-11,14,16,21,23,26,31-32,34,36H,5,12-13,15H2,1-4H3,(H,29,35)/t16?,21-,23?,26?/m0/s1. The molecule has 200 valence electrons. The van der Waals surface area contributed by atoms with Gasteiger partial charge < -0.3 is 25.2 Å². The number of halogens is 1. The van der Waals surface area contributed by atoms with Crippen molar-refractivity contribution in [2.24, 2.45) is 4.99 Å². The predicted molar refractivity (Wildman–Crippen MR) is 145 cm³/mol. The van der Waals surface area contributed by atoms with Crippen molar-refractivity contribution in [2.75, 3.05) is 18.1 Å². The largest absolute Gasteiger partial charge is 0.493 e. The Morgan fingerprint density at radius 3 is 2.65 bits per heavy atom. The molecule has 1 saturated heterocycles. The van der Waals surface area contributed by atoms with Gasteiger partial charge in [0, 0.05) is 34.8 Å². The minimum Gasteiger partial charge on any atom is -0.493 e. The summed E-state index contributed by atoms with van der Waals surface area (Å²) < 4.78 is 5.98. The second-order valence-corrected chi connectivity index (χ2v) is 10.4. The number of hydrazine groups is 1. The van der Waals surface area contributed by atoms with E-state index in [1.54, 1.807) is 13.8 Å². The molecule has 2 aliphatic rings. The first-order chi connectivity index (χ1) is 17.6. The van der Waals surface area contributed by atoms with Crippen molar-refractivity contribution in [1.82, 2.24) is 16.2 Å². The van der Waals surface area contributed by atoms with Gasteiger partial charge >= 0.3 is 0 Å². The molecule has 1 fully saturated rings. The number of hydrogen-bond donors (Lipinski definition) is 5. The first-order valence-corrected chi connectivity index (χ1v) is 13.0. The third-order valence-corrected chi connectivity index (χ3v) is 6.93. The van der Waals surface area contributed by atoms with Gasteiger partial charge in [0.15, 0.2) is 0 Å². The number of aliphatic hydroxyl groups excluding tert-OH is 1. The van der Waals surface area contributed by atoms with Crippen molar-refractivity contribution in [1.29, 1.82) is 0 Å². The zero-order valence-electron chi connectivity index (χ0n) is 21.7. The molecular weight excluding hydrogens is 494 g/mol. The number of nitrogens with one attached hydrogen (secondary N) is 3. The van der Waals surface area contributed by atoms with Crippen LogP contribution in [0.1, 0.15) is 51.7 Å². The molecule has 2 heterocycles. The molecule has 0 aliphatic carbocycles. The maximum Gasteiger partial charge on any atom is 0.222 e. The fourth-order valence-corrected chi connectivity index (χ4v) is 4.77. The molecular formula is C27H36ClN5O4. The highest BCUT2D eigenvalue weighted by Gasteiger charge is 2.40. The Morgan fingerprint density at radius 1 is 1.24 bits per heavy atom. The van der Waals surface area contributed by atoms with Crippen LogP contribution in [0.2, 0.25) is 5.02 Å². The summed E-state index contributed by atoms with van der Waals surface area (Å²) in [5.74, 6) is 0.559. The van der Waals surface area contributed by atoms with Gasteiger partial charge in [0.1, 0.15) is 11.9 Å². The number of benzene rings is 2. The third-order valence-electron chi connectivity index (χ3n) is 6.68. The lowest BCUT2D eigenvalue weighted by atomic mass is 9.99.